The number of nitrogens with one attached hydrogen (secondary N) is 1. The molecule has 1 aliphatic heterocycles. The molecule has 1 aromatic carbocycles. The number of nitrogens with zero attached hydrogens (tertiary/aromatic N) is 3. The predicted molar refractivity (Wildman–Crippen MR) is 103 cm³/mol. The first-order valence-corrected chi connectivity index (χ1v) is 9.10. The lowest BCUT2D eigenvalue weighted by atomic mass is 10.1. The van der Waals surface area contributed by atoms with Crippen LogP contribution in [0.25, 0.3) is 5.52 Å². The number of aryl methyl sites for hydroxylation is 2. The molecule has 3 aromatic rings. The molecule has 6 heteroatoms. The SMILES string of the molecule is Cc1ccc(N2CC(C(=O)NCc3cc4ccccn4n3)CC2=O)cc1C. The molecule has 1 N–H and O–H groups in total. The number of aromatic nitrogens is 2. The van der Waals surface area contributed by atoms with Crippen molar-refractivity contribution in [1.29, 1.82) is 0 Å². The first kappa shape index (κ1) is 17.3. The summed E-state index contributed by atoms with van der Waals surface area (Å²) in [5.41, 5.74) is 4.97. The second kappa shape index (κ2) is 6.87. The highest BCUT2D eigenvalue weighted by atomic mass is 16.2. The van der Waals surface area contributed by atoms with Crippen LogP contribution in [-0.2, 0) is 16.1 Å². The van der Waals surface area contributed by atoms with Crippen molar-refractivity contribution >= 4 is 23.0 Å². The summed E-state index contributed by atoms with van der Waals surface area (Å²) < 4.78 is 1.78. The molecule has 1 atom stereocenters. The van der Waals surface area contributed by atoms with Crippen LogP contribution in [0.2, 0.25) is 0 Å². The third-order valence-corrected chi connectivity index (χ3v) is 5.16. The van der Waals surface area contributed by atoms with Crippen LogP contribution in [0.15, 0.2) is 48.7 Å². The Morgan fingerprint density at radius 2 is 2.04 bits per heavy atom. The number of carbonyl (C=O) groups excluding carboxylic acids is 2. The van der Waals surface area contributed by atoms with Crippen LogP contribution >= 0.6 is 0 Å². The zero-order valence-corrected chi connectivity index (χ0v) is 15.5. The van der Waals surface area contributed by atoms with Gasteiger partial charge in [0.15, 0.2) is 0 Å². The second-order valence-corrected chi connectivity index (χ2v) is 7.10. The van der Waals surface area contributed by atoms with Crippen LogP contribution < -0.4 is 10.2 Å². The van der Waals surface area contributed by atoms with Gasteiger partial charge in [0, 0.05) is 24.8 Å². The molecule has 0 aliphatic carbocycles. The molecule has 1 aliphatic rings. The van der Waals surface area contributed by atoms with E-state index in [-0.39, 0.29) is 24.2 Å². The van der Waals surface area contributed by atoms with E-state index in [2.05, 4.69) is 10.4 Å². The number of amides is 2. The van der Waals surface area contributed by atoms with Gasteiger partial charge in [-0.1, -0.05) is 12.1 Å². The van der Waals surface area contributed by atoms with E-state index < -0.39 is 0 Å². The predicted octanol–water partition coefficient (Wildman–Crippen LogP) is 2.62. The lowest BCUT2D eigenvalue weighted by molar-refractivity contribution is -0.126. The normalized spacial score (nSPS) is 16.9. The maximum absolute atomic E-state index is 12.6. The van der Waals surface area contributed by atoms with Crippen molar-refractivity contribution in [2.75, 3.05) is 11.4 Å². The average Bonchev–Trinajstić information content (AvgIpc) is 3.25. The summed E-state index contributed by atoms with van der Waals surface area (Å²) in [4.78, 5) is 26.7. The molecule has 27 heavy (non-hydrogen) atoms. The molecule has 6 nitrogen and oxygen atoms in total. The number of rotatable bonds is 4. The van der Waals surface area contributed by atoms with E-state index in [9.17, 15) is 9.59 Å². The number of hydrogen-bond acceptors (Lipinski definition) is 3. The van der Waals surface area contributed by atoms with Gasteiger partial charge >= 0.3 is 0 Å². The van der Waals surface area contributed by atoms with E-state index in [1.165, 1.54) is 5.56 Å². The number of carbonyl (C=O) groups is 2. The summed E-state index contributed by atoms with van der Waals surface area (Å²) in [5.74, 6) is -0.450. The van der Waals surface area contributed by atoms with E-state index in [0.29, 0.717) is 13.1 Å². The molecule has 2 aromatic heterocycles. The molecule has 1 saturated heterocycles. The van der Waals surface area contributed by atoms with Crippen LogP contribution in [0.4, 0.5) is 5.69 Å². The van der Waals surface area contributed by atoms with E-state index in [4.69, 9.17) is 0 Å². The minimum absolute atomic E-state index is 0.00821. The van der Waals surface area contributed by atoms with Crippen molar-refractivity contribution in [1.82, 2.24) is 14.9 Å². The monoisotopic (exact) mass is 362 g/mol. The van der Waals surface area contributed by atoms with Gasteiger partial charge in [-0.15, -0.1) is 0 Å². The van der Waals surface area contributed by atoms with Gasteiger partial charge in [0.1, 0.15) is 0 Å². The van der Waals surface area contributed by atoms with Crippen molar-refractivity contribution < 1.29 is 9.59 Å². The van der Waals surface area contributed by atoms with Gasteiger partial charge < -0.3 is 10.2 Å². The third-order valence-electron chi connectivity index (χ3n) is 5.16. The van der Waals surface area contributed by atoms with E-state index in [1.807, 2.05) is 62.5 Å². The number of fused-ring (bicyclic) bond motifs is 1. The van der Waals surface area contributed by atoms with Crippen LogP contribution in [0.5, 0.6) is 0 Å². The van der Waals surface area contributed by atoms with Gasteiger partial charge in [-0.2, -0.15) is 5.10 Å². The van der Waals surface area contributed by atoms with Gasteiger partial charge in [-0.25, -0.2) is 4.52 Å². The van der Waals surface area contributed by atoms with Crippen molar-refractivity contribution in [2.24, 2.45) is 5.92 Å². The molecular weight excluding hydrogens is 340 g/mol. The Kier molecular flexibility index (Phi) is 4.39. The summed E-state index contributed by atoms with van der Waals surface area (Å²) in [5, 5.41) is 7.35. The zero-order valence-electron chi connectivity index (χ0n) is 15.5. The first-order valence-electron chi connectivity index (χ1n) is 9.10. The van der Waals surface area contributed by atoms with Crippen molar-refractivity contribution in [3.8, 4) is 0 Å². The standard InChI is InChI=1S/C21H22N4O2/c1-14-6-7-18(9-15(14)2)24-13-16(10-20(24)26)21(27)22-12-17-11-19-5-3-4-8-25(19)23-17/h3-9,11,16H,10,12-13H2,1-2H3,(H,22,27). The maximum Gasteiger partial charge on any atom is 0.227 e. The summed E-state index contributed by atoms with van der Waals surface area (Å²) in [6, 6.07) is 13.7. The van der Waals surface area contributed by atoms with Crippen molar-refractivity contribution in [2.45, 2.75) is 26.8 Å². The molecule has 138 valence electrons. The number of hydrogen-bond donors (Lipinski definition) is 1. The number of anilines is 1. The van der Waals surface area contributed by atoms with Gasteiger partial charge in [0.05, 0.1) is 23.7 Å². The minimum Gasteiger partial charge on any atom is -0.350 e. The Morgan fingerprint density at radius 1 is 1.19 bits per heavy atom. The fourth-order valence-corrected chi connectivity index (χ4v) is 3.43. The summed E-state index contributed by atoms with van der Waals surface area (Å²) in [6.45, 7) is 4.84. The van der Waals surface area contributed by atoms with E-state index in [0.717, 1.165) is 22.5 Å². The fraction of sp³-hybridized carbons (Fsp3) is 0.286. The van der Waals surface area contributed by atoms with Crippen LogP contribution in [0.3, 0.4) is 0 Å². The Morgan fingerprint density at radius 3 is 2.81 bits per heavy atom. The van der Waals surface area contributed by atoms with Crippen LogP contribution in [0.1, 0.15) is 23.2 Å². The highest BCUT2D eigenvalue weighted by Crippen LogP contribution is 2.27. The fourth-order valence-electron chi connectivity index (χ4n) is 3.43. The molecular formula is C21H22N4O2. The summed E-state index contributed by atoms with van der Waals surface area (Å²) in [6.07, 6.45) is 2.11. The molecule has 2 amide bonds. The molecule has 0 bridgehead atoms. The molecule has 4 rings (SSSR count). The lowest BCUT2D eigenvalue weighted by Crippen LogP contribution is -2.32. The molecule has 1 unspecified atom stereocenters. The highest BCUT2D eigenvalue weighted by molar-refractivity contribution is 6.00. The summed E-state index contributed by atoms with van der Waals surface area (Å²) >= 11 is 0. The molecule has 1 fully saturated rings. The Balaban J connectivity index is 1.40. The quantitative estimate of drug-likeness (QED) is 0.776. The van der Waals surface area contributed by atoms with Gasteiger partial charge in [-0.05, 0) is 55.3 Å². The smallest absolute Gasteiger partial charge is 0.227 e. The Bertz CT molecular complexity index is 991. The summed E-state index contributed by atoms with van der Waals surface area (Å²) in [7, 11) is 0. The third kappa shape index (κ3) is 3.43. The number of pyridine rings is 1. The number of benzene rings is 1. The van der Waals surface area contributed by atoms with Crippen molar-refractivity contribution in [3.05, 3.63) is 65.5 Å². The average molecular weight is 362 g/mol. The van der Waals surface area contributed by atoms with Crippen molar-refractivity contribution in [3.63, 3.8) is 0 Å². The van der Waals surface area contributed by atoms with Gasteiger partial charge in [-0.3, -0.25) is 9.59 Å². The van der Waals surface area contributed by atoms with Gasteiger partial charge in [0.2, 0.25) is 11.8 Å². The van der Waals surface area contributed by atoms with E-state index in [1.54, 1.807) is 9.42 Å². The van der Waals surface area contributed by atoms with E-state index >= 15 is 0 Å². The molecule has 0 spiro atoms. The lowest BCUT2D eigenvalue weighted by Gasteiger charge is -2.18. The molecule has 0 saturated carbocycles. The molecule has 0 radical (unpaired) electrons. The van der Waals surface area contributed by atoms with Crippen LogP contribution in [-0.4, -0.2) is 28.0 Å². The Hall–Kier alpha value is -3.15. The van der Waals surface area contributed by atoms with Crippen LogP contribution in [0, 0.1) is 19.8 Å². The maximum atomic E-state index is 12.6. The van der Waals surface area contributed by atoms with Gasteiger partial charge in [0.25, 0.3) is 0 Å². The largest absolute Gasteiger partial charge is 0.350 e. The highest BCUT2D eigenvalue weighted by Gasteiger charge is 2.35. The zero-order chi connectivity index (χ0) is 19.0. The molecule has 3 heterocycles. The second-order valence-electron chi connectivity index (χ2n) is 7.10. The first-order chi connectivity index (χ1) is 13.0. The Labute approximate surface area is 157 Å². The minimum atomic E-state index is -0.337. The topological polar surface area (TPSA) is 66.7 Å².